The normalized spacial score (nSPS) is 12.5. The summed E-state index contributed by atoms with van der Waals surface area (Å²) in [7, 11) is 0. The quantitative estimate of drug-likeness (QED) is 0.794. The first-order chi connectivity index (χ1) is 10.1. The van der Waals surface area contributed by atoms with Gasteiger partial charge < -0.3 is 9.63 Å². The van der Waals surface area contributed by atoms with Crippen molar-refractivity contribution in [2.24, 2.45) is 0 Å². The Balaban J connectivity index is 2.07. The van der Waals surface area contributed by atoms with Gasteiger partial charge in [-0.2, -0.15) is 0 Å². The summed E-state index contributed by atoms with van der Waals surface area (Å²) in [6.45, 7) is 1.61. The highest BCUT2D eigenvalue weighted by Gasteiger charge is 2.17. The molecule has 0 amide bonds. The average molecular weight is 285 g/mol. The molecular weight excluding hydrogens is 273 g/mol. The van der Waals surface area contributed by atoms with E-state index >= 15 is 0 Å². The third-order valence-corrected chi connectivity index (χ3v) is 3.48. The van der Waals surface area contributed by atoms with Gasteiger partial charge in [0.15, 0.2) is 5.58 Å². The van der Waals surface area contributed by atoms with E-state index in [-0.39, 0.29) is 5.82 Å². The standard InChI is InChI=1S/C16H12FNO3/c1-9(16(19)20)11-4-7-13-14(8-11)21-18-15(13)10-2-5-12(17)6-3-10/h2-9H,1H3,(H,19,20)/t9-/m1/s1. The number of aliphatic carboxylic acids is 1. The lowest BCUT2D eigenvalue weighted by atomic mass is 9.99. The first kappa shape index (κ1) is 13.3. The highest BCUT2D eigenvalue weighted by atomic mass is 19.1. The van der Waals surface area contributed by atoms with Crippen molar-refractivity contribution in [3.05, 3.63) is 53.8 Å². The largest absolute Gasteiger partial charge is 0.481 e. The molecule has 1 heterocycles. The maximum Gasteiger partial charge on any atom is 0.310 e. The number of carbonyl (C=O) groups is 1. The van der Waals surface area contributed by atoms with Crippen LogP contribution >= 0.6 is 0 Å². The Morgan fingerprint density at radius 3 is 2.62 bits per heavy atom. The van der Waals surface area contributed by atoms with Crippen LogP contribution < -0.4 is 0 Å². The second-order valence-electron chi connectivity index (χ2n) is 4.85. The molecule has 0 aliphatic rings. The molecular formula is C16H12FNO3. The summed E-state index contributed by atoms with van der Waals surface area (Å²) in [5.74, 6) is -1.83. The first-order valence-corrected chi connectivity index (χ1v) is 6.44. The second-order valence-corrected chi connectivity index (χ2v) is 4.85. The molecule has 0 saturated heterocycles. The van der Waals surface area contributed by atoms with Crippen LogP contribution in [0.1, 0.15) is 18.4 Å². The Bertz CT molecular complexity index is 808. The van der Waals surface area contributed by atoms with Crippen LogP contribution in [0.4, 0.5) is 4.39 Å². The molecule has 106 valence electrons. The van der Waals surface area contributed by atoms with E-state index in [1.54, 1.807) is 37.3 Å². The lowest BCUT2D eigenvalue weighted by Gasteiger charge is -2.05. The predicted octanol–water partition coefficient (Wildman–Crippen LogP) is 3.82. The summed E-state index contributed by atoms with van der Waals surface area (Å²) >= 11 is 0. The van der Waals surface area contributed by atoms with Gasteiger partial charge in [-0.3, -0.25) is 4.79 Å². The maximum atomic E-state index is 13.0. The molecule has 0 spiro atoms. The molecule has 5 heteroatoms. The van der Waals surface area contributed by atoms with Gasteiger partial charge >= 0.3 is 5.97 Å². The Morgan fingerprint density at radius 2 is 1.95 bits per heavy atom. The molecule has 0 aliphatic carbocycles. The van der Waals surface area contributed by atoms with Crippen LogP contribution in [0.2, 0.25) is 0 Å². The molecule has 0 fully saturated rings. The highest BCUT2D eigenvalue weighted by molar-refractivity contribution is 5.92. The Kier molecular flexibility index (Phi) is 3.17. The number of nitrogens with zero attached hydrogens (tertiary/aromatic N) is 1. The molecule has 0 unspecified atom stereocenters. The molecule has 0 aliphatic heterocycles. The summed E-state index contributed by atoms with van der Waals surface area (Å²) in [5, 5.41) is 13.8. The zero-order valence-corrected chi connectivity index (χ0v) is 11.2. The molecule has 3 rings (SSSR count). The van der Waals surface area contributed by atoms with Crippen molar-refractivity contribution >= 4 is 16.9 Å². The topological polar surface area (TPSA) is 63.3 Å². The minimum absolute atomic E-state index is 0.316. The molecule has 0 saturated carbocycles. The third kappa shape index (κ3) is 2.38. The third-order valence-electron chi connectivity index (χ3n) is 3.48. The summed E-state index contributed by atoms with van der Waals surface area (Å²) in [4.78, 5) is 11.0. The number of aromatic nitrogens is 1. The van der Waals surface area contributed by atoms with Crippen LogP contribution in [0.15, 0.2) is 47.0 Å². The number of rotatable bonds is 3. The highest BCUT2D eigenvalue weighted by Crippen LogP contribution is 2.30. The first-order valence-electron chi connectivity index (χ1n) is 6.44. The molecule has 4 nitrogen and oxygen atoms in total. The van der Waals surface area contributed by atoms with E-state index in [4.69, 9.17) is 9.63 Å². The fourth-order valence-corrected chi connectivity index (χ4v) is 2.18. The number of benzene rings is 2. The lowest BCUT2D eigenvalue weighted by Crippen LogP contribution is -2.06. The van der Waals surface area contributed by atoms with E-state index in [0.717, 1.165) is 10.9 Å². The van der Waals surface area contributed by atoms with Gasteiger partial charge in [0.05, 0.1) is 5.92 Å². The van der Waals surface area contributed by atoms with Gasteiger partial charge in [-0.05, 0) is 48.9 Å². The molecule has 0 bridgehead atoms. The van der Waals surface area contributed by atoms with Crippen molar-refractivity contribution in [2.45, 2.75) is 12.8 Å². The van der Waals surface area contributed by atoms with E-state index in [0.29, 0.717) is 16.8 Å². The molecule has 1 N–H and O–H groups in total. The summed E-state index contributed by atoms with van der Waals surface area (Å²) < 4.78 is 18.2. The summed E-state index contributed by atoms with van der Waals surface area (Å²) in [5.41, 5.74) is 2.52. The number of carboxylic acids is 1. The van der Waals surface area contributed by atoms with Gasteiger partial charge in [-0.25, -0.2) is 4.39 Å². The minimum Gasteiger partial charge on any atom is -0.481 e. The molecule has 21 heavy (non-hydrogen) atoms. The SMILES string of the molecule is C[C@@H](C(=O)O)c1ccc2c(-c3ccc(F)cc3)noc2c1. The minimum atomic E-state index is -0.896. The van der Waals surface area contributed by atoms with Crippen molar-refractivity contribution in [3.8, 4) is 11.3 Å². The number of hydrogen-bond donors (Lipinski definition) is 1. The van der Waals surface area contributed by atoms with Crippen LogP contribution in [0.5, 0.6) is 0 Å². The molecule has 2 aromatic carbocycles. The van der Waals surface area contributed by atoms with Crippen molar-refractivity contribution in [1.29, 1.82) is 0 Å². The van der Waals surface area contributed by atoms with Gasteiger partial charge in [-0.1, -0.05) is 11.2 Å². The maximum absolute atomic E-state index is 13.0. The van der Waals surface area contributed by atoms with Crippen LogP contribution in [-0.4, -0.2) is 16.2 Å². The predicted molar refractivity (Wildman–Crippen MR) is 75.5 cm³/mol. The zero-order valence-electron chi connectivity index (χ0n) is 11.2. The van der Waals surface area contributed by atoms with Gasteiger partial charge in [0.25, 0.3) is 0 Å². The van der Waals surface area contributed by atoms with Gasteiger partial charge in [0, 0.05) is 10.9 Å². The van der Waals surface area contributed by atoms with Crippen LogP contribution in [0, 0.1) is 5.82 Å². The average Bonchev–Trinajstić information content (AvgIpc) is 2.90. The van der Waals surface area contributed by atoms with Crippen LogP contribution in [-0.2, 0) is 4.79 Å². The van der Waals surface area contributed by atoms with Gasteiger partial charge in [0.1, 0.15) is 11.5 Å². The van der Waals surface area contributed by atoms with E-state index in [1.165, 1.54) is 12.1 Å². The van der Waals surface area contributed by atoms with Crippen molar-refractivity contribution in [1.82, 2.24) is 5.16 Å². The summed E-state index contributed by atoms with van der Waals surface area (Å²) in [6.07, 6.45) is 0. The van der Waals surface area contributed by atoms with Crippen LogP contribution in [0.3, 0.4) is 0 Å². The smallest absolute Gasteiger partial charge is 0.310 e. The Hall–Kier alpha value is -2.69. The van der Waals surface area contributed by atoms with Crippen molar-refractivity contribution in [2.75, 3.05) is 0 Å². The van der Waals surface area contributed by atoms with Crippen LogP contribution in [0.25, 0.3) is 22.2 Å². The lowest BCUT2D eigenvalue weighted by molar-refractivity contribution is -0.138. The monoisotopic (exact) mass is 285 g/mol. The number of halogens is 1. The number of hydrogen-bond acceptors (Lipinski definition) is 3. The van der Waals surface area contributed by atoms with Gasteiger partial charge in [-0.15, -0.1) is 0 Å². The van der Waals surface area contributed by atoms with E-state index < -0.39 is 11.9 Å². The Labute approximate surface area is 119 Å². The van der Waals surface area contributed by atoms with E-state index in [1.807, 2.05) is 0 Å². The molecule has 1 atom stereocenters. The fourth-order valence-electron chi connectivity index (χ4n) is 2.18. The Morgan fingerprint density at radius 1 is 1.24 bits per heavy atom. The van der Waals surface area contributed by atoms with E-state index in [2.05, 4.69) is 5.16 Å². The summed E-state index contributed by atoms with van der Waals surface area (Å²) in [6, 6.07) is 11.2. The fraction of sp³-hybridized carbons (Fsp3) is 0.125. The van der Waals surface area contributed by atoms with Crippen molar-refractivity contribution < 1.29 is 18.8 Å². The zero-order chi connectivity index (χ0) is 15.0. The number of carboxylic acid groups (broad SMARTS) is 1. The van der Waals surface area contributed by atoms with Crippen molar-refractivity contribution in [3.63, 3.8) is 0 Å². The van der Waals surface area contributed by atoms with Gasteiger partial charge in [0.2, 0.25) is 0 Å². The second kappa shape index (κ2) is 5.01. The molecule has 3 aromatic rings. The number of fused-ring (bicyclic) bond motifs is 1. The molecule has 1 aromatic heterocycles. The molecule has 0 radical (unpaired) electrons. The van der Waals surface area contributed by atoms with E-state index in [9.17, 15) is 9.18 Å².